The van der Waals surface area contributed by atoms with Gasteiger partial charge >= 0.3 is 5.97 Å². The molecule has 0 aromatic rings. The van der Waals surface area contributed by atoms with Crippen molar-refractivity contribution in [2.45, 2.75) is 72.0 Å². The average Bonchev–Trinajstić information content (AvgIpc) is 2.26. The van der Waals surface area contributed by atoms with E-state index in [9.17, 15) is 4.79 Å². The van der Waals surface area contributed by atoms with Crippen LogP contribution in [0.15, 0.2) is 0 Å². The van der Waals surface area contributed by atoms with Crippen LogP contribution in [0.25, 0.3) is 0 Å². The van der Waals surface area contributed by atoms with Crippen LogP contribution < -0.4 is 0 Å². The van der Waals surface area contributed by atoms with Crippen LogP contribution in [0.5, 0.6) is 0 Å². The number of esters is 1. The molecule has 0 radical (unpaired) electrons. The molecule has 0 aliphatic heterocycles. The Morgan fingerprint density at radius 1 is 1.21 bits per heavy atom. The summed E-state index contributed by atoms with van der Waals surface area (Å²) in [6.45, 7) is 16.3. The Labute approximate surface area is 120 Å². The standard InChI is InChI=1S/C15H32O3Si/c1-8-10-13(2)14(16)17-11-9-12-18-19(6,7)15(3,4)5/h13H,8-12H2,1-7H3. The van der Waals surface area contributed by atoms with Crippen molar-refractivity contribution in [3.05, 3.63) is 0 Å². The first kappa shape index (κ1) is 18.6. The van der Waals surface area contributed by atoms with Crippen molar-refractivity contribution in [3.8, 4) is 0 Å². The van der Waals surface area contributed by atoms with Crippen LogP contribution in [0.1, 0.15) is 53.9 Å². The van der Waals surface area contributed by atoms with E-state index in [0.717, 1.165) is 19.3 Å². The Morgan fingerprint density at radius 2 is 1.79 bits per heavy atom. The zero-order chi connectivity index (χ0) is 15.1. The number of hydrogen-bond acceptors (Lipinski definition) is 3. The van der Waals surface area contributed by atoms with Crippen molar-refractivity contribution in [3.63, 3.8) is 0 Å². The molecule has 0 bridgehead atoms. The first-order valence-corrected chi connectivity index (χ1v) is 10.3. The number of rotatable bonds is 8. The van der Waals surface area contributed by atoms with Crippen LogP contribution in [-0.4, -0.2) is 27.5 Å². The van der Waals surface area contributed by atoms with Crippen molar-refractivity contribution in [1.82, 2.24) is 0 Å². The molecular weight excluding hydrogens is 256 g/mol. The van der Waals surface area contributed by atoms with E-state index in [-0.39, 0.29) is 16.9 Å². The molecular formula is C15H32O3Si. The molecule has 0 aliphatic rings. The highest BCUT2D eigenvalue weighted by Crippen LogP contribution is 2.36. The SMILES string of the molecule is CCCC(C)C(=O)OCCCO[Si](C)(C)C(C)(C)C. The zero-order valence-corrected chi connectivity index (χ0v) is 14.8. The maximum absolute atomic E-state index is 11.6. The predicted octanol–water partition coefficient (Wildman–Crippen LogP) is 4.38. The molecule has 1 atom stereocenters. The first-order chi connectivity index (χ1) is 8.62. The largest absolute Gasteiger partial charge is 0.465 e. The Bertz CT molecular complexity index is 269. The van der Waals surface area contributed by atoms with Gasteiger partial charge in [-0.05, 0) is 24.6 Å². The van der Waals surface area contributed by atoms with Crippen LogP contribution in [-0.2, 0) is 14.0 Å². The topological polar surface area (TPSA) is 35.5 Å². The fourth-order valence-corrected chi connectivity index (χ4v) is 2.56. The maximum atomic E-state index is 11.6. The van der Waals surface area contributed by atoms with Gasteiger partial charge in [0.25, 0.3) is 0 Å². The summed E-state index contributed by atoms with van der Waals surface area (Å²) in [4.78, 5) is 11.6. The Balaban J connectivity index is 3.80. The Morgan fingerprint density at radius 3 is 2.26 bits per heavy atom. The van der Waals surface area contributed by atoms with Gasteiger partial charge in [0.2, 0.25) is 0 Å². The molecule has 0 saturated carbocycles. The summed E-state index contributed by atoms with van der Waals surface area (Å²) < 4.78 is 11.3. The van der Waals surface area contributed by atoms with Crippen molar-refractivity contribution in [2.75, 3.05) is 13.2 Å². The lowest BCUT2D eigenvalue weighted by Crippen LogP contribution is -2.41. The van der Waals surface area contributed by atoms with Crippen LogP contribution in [0.4, 0.5) is 0 Å². The smallest absolute Gasteiger partial charge is 0.308 e. The highest BCUT2D eigenvalue weighted by atomic mass is 28.4. The molecule has 0 N–H and O–H groups in total. The molecule has 0 spiro atoms. The van der Waals surface area contributed by atoms with Crippen molar-refractivity contribution in [2.24, 2.45) is 5.92 Å². The van der Waals surface area contributed by atoms with E-state index in [1.54, 1.807) is 0 Å². The van der Waals surface area contributed by atoms with E-state index in [2.05, 4.69) is 40.8 Å². The van der Waals surface area contributed by atoms with Crippen molar-refractivity contribution >= 4 is 14.3 Å². The molecule has 0 aromatic heterocycles. The van der Waals surface area contributed by atoms with Crippen LogP contribution >= 0.6 is 0 Å². The van der Waals surface area contributed by atoms with E-state index in [1.165, 1.54) is 0 Å². The molecule has 4 heteroatoms. The second-order valence-corrected chi connectivity index (χ2v) is 11.6. The van der Waals surface area contributed by atoms with Gasteiger partial charge in [0.05, 0.1) is 12.5 Å². The van der Waals surface area contributed by atoms with E-state index in [1.807, 2.05) is 6.92 Å². The summed E-state index contributed by atoms with van der Waals surface area (Å²) in [6, 6.07) is 0. The average molecular weight is 289 g/mol. The predicted molar refractivity (Wildman–Crippen MR) is 82.8 cm³/mol. The third-order valence-electron chi connectivity index (χ3n) is 3.93. The van der Waals surface area contributed by atoms with Crippen molar-refractivity contribution < 1.29 is 14.0 Å². The number of hydrogen-bond donors (Lipinski definition) is 0. The molecule has 19 heavy (non-hydrogen) atoms. The number of ether oxygens (including phenoxy) is 1. The fraction of sp³-hybridized carbons (Fsp3) is 0.933. The molecule has 0 saturated heterocycles. The lowest BCUT2D eigenvalue weighted by molar-refractivity contribution is -0.148. The maximum Gasteiger partial charge on any atom is 0.308 e. The highest BCUT2D eigenvalue weighted by molar-refractivity contribution is 6.74. The monoisotopic (exact) mass is 288 g/mol. The van der Waals surface area contributed by atoms with Crippen LogP contribution in [0, 0.1) is 5.92 Å². The van der Waals surface area contributed by atoms with Gasteiger partial charge in [0.15, 0.2) is 8.32 Å². The Kier molecular flexibility index (Phi) is 7.90. The van der Waals surface area contributed by atoms with Crippen molar-refractivity contribution in [1.29, 1.82) is 0 Å². The van der Waals surface area contributed by atoms with Gasteiger partial charge in [0, 0.05) is 13.0 Å². The minimum Gasteiger partial charge on any atom is -0.465 e. The molecule has 114 valence electrons. The molecule has 0 rings (SSSR count). The van der Waals surface area contributed by atoms with E-state index >= 15 is 0 Å². The molecule has 3 nitrogen and oxygen atoms in total. The highest BCUT2D eigenvalue weighted by Gasteiger charge is 2.36. The molecule has 0 aliphatic carbocycles. The third-order valence-corrected chi connectivity index (χ3v) is 8.46. The second-order valence-electron chi connectivity index (χ2n) is 6.82. The zero-order valence-electron chi connectivity index (χ0n) is 13.8. The summed E-state index contributed by atoms with van der Waals surface area (Å²) in [5, 5.41) is 0.235. The van der Waals surface area contributed by atoms with Gasteiger partial charge in [-0.15, -0.1) is 0 Å². The van der Waals surface area contributed by atoms with Crippen LogP contribution in [0.3, 0.4) is 0 Å². The lowest BCUT2D eigenvalue weighted by atomic mass is 10.1. The summed E-state index contributed by atoms with van der Waals surface area (Å²) in [5.41, 5.74) is 0. The summed E-state index contributed by atoms with van der Waals surface area (Å²) >= 11 is 0. The molecule has 0 fully saturated rings. The minimum absolute atomic E-state index is 0.0197. The van der Waals surface area contributed by atoms with E-state index in [4.69, 9.17) is 9.16 Å². The molecule has 1 unspecified atom stereocenters. The molecule has 0 heterocycles. The van der Waals surface area contributed by atoms with Gasteiger partial charge in [0.1, 0.15) is 0 Å². The Hall–Kier alpha value is -0.353. The van der Waals surface area contributed by atoms with E-state index < -0.39 is 8.32 Å². The number of carbonyl (C=O) groups is 1. The first-order valence-electron chi connectivity index (χ1n) is 7.42. The lowest BCUT2D eigenvalue weighted by Gasteiger charge is -2.36. The second kappa shape index (κ2) is 8.05. The summed E-state index contributed by atoms with van der Waals surface area (Å²) in [6.07, 6.45) is 2.71. The van der Waals surface area contributed by atoms with Gasteiger partial charge < -0.3 is 9.16 Å². The normalized spacial score (nSPS) is 14.3. The molecule has 0 aromatic carbocycles. The minimum atomic E-state index is -1.66. The fourth-order valence-electron chi connectivity index (χ4n) is 1.47. The van der Waals surface area contributed by atoms with Crippen LogP contribution in [0.2, 0.25) is 18.1 Å². The van der Waals surface area contributed by atoms with Gasteiger partial charge in [-0.25, -0.2) is 0 Å². The third kappa shape index (κ3) is 7.11. The van der Waals surface area contributed by atoms with Gasteiger partial charge in [-0.2, -0.15) is 0 Å². The summed E-state index contributed by atoms with van der Waals surface area (Å²) in [7, 11) is -1.66. The summed E-state index contributed by atoms with van der Waals surface area (Å²) in [5.74, 6) is -0.0551. The molecule has 0 amide bonds. The quantitative estimate of drug-likeness (QED) is 0.378. The van der Waals surface area contributed by atoms with Gasteiger partial charge in [-0.3, -0.25) is 4.79 Å². The number of carbonyl (C=O) groups excluding carboxylic acids is 1. The van der Waals surface area contributed by atoms with Gasteiger partial charge in [-0.1, -0.05) is 41.0 Å². The van der Waals surface area contributed by atoms with E-state index in [0.29, 0.717) is 13.2 Å².